The summed E-state index contributed by atoms with van der Waals surface area (Å²) < 4.78 is 188. The SMILES string of the molecule is Cc1cc2c3c4c5c(cc(C)c14)B1c4ccc(F)cc4C(C(F)(F)F)(C(F)(F)F)c4c(F)c(F)cc(c41)N5C(=O)N3c1cc(F)c(F)c3c1B2c1ccc(F)cc1C3(C)C. The molecule has 300 valence electrons. The highest BCUT2D eigenvalue weighted by Gasteiger charge is 2.77. The van der Waals surface area contributed by atoms with Gasteiger partial charge >= 0.3 is 18.4 Å². The van der Waals surface area contributed by atoms with Crippen LogP contribution in [0.4, 0.5) is 80.2 Å². The van der Waals surface area contributed by atoms with Gasteiger partial charge in [-0.25, -0.2) is 31.1 Å². The van der Waals surface area contributed by atoms with Crippen LogP contribution in [0.2, 0.25) is 0 Å². The summed E-state index contributed by atoms with van der Waals surface area (Å²) in [5.74, 6) is -9.53. The molecule has 6 aromatic carbocycles. The van der Waals surface area contributed by atoms with Crippen LogP contribution in [0, 0.1) is 48.8 Å². The minimum absolute atomic E-state index is 0.0288. The van der Waals surface area contributed by atoms with Gasteiger partial charge in [0.1, 0.15) is 11.6 Å². The van der Waals surface area contributed by atoms with Crippen LogP contribution in [0.5, 0.6) is 0 Å². The van der Waals surface area contributed by atoms with Crippen LogP contribution in [-0.2, 0) is 10.8 Å². The Kier molecular flexibility index (Phi) is 6.75. The molecular weight excluding hydrogens is 810 g/mol. The first kappa shape index (κ1) is 37.2. The fraction of sp³-hybridized carbons (Fsp3) is 0.186. The number of amides is 2. The molecule has 0 saturated carbocycles. The number of carbonyl (C=O) groups is 1. The Labute approximate surface area is 332 Å². The van der Waals surface area contributed by atoms with Gasteiger partial charge in [0.15, 0.2) is 23.3 Å². The van der Waals surface area contributed by atoms with Crippen molar-refractivity contribution < 1.29 is 57.5 Å². The predicted octanol–water partition coefficient (Wildman–Crippen LogP) is 7.72. The lowest BCUT2D eigenvalue weighted by Crippen LogP contribution is -2.72. The lowest BCUT2D eigenvalue weighted by molar-refractivity contribution is -0.289. The Morgan fingerprint density at radius 2 is 0.983 bits per heavy atom. The fourth-order valence-corrected chi connectivity index (χ4v) is 11.3. The van der Waals surface area contributed by atoms with E-state index in [4.69, 9.17) is 0 Å². The predicted molar refractivity (Wildman–Crippen MR) is 203 cm³/mol. The Morgan fingerprint density at radius 3 is 1.47 bits per heavy atom. The average molecular weight is 832 g/mol. The zero-order valence-electron chi connectivity index (χ0n) is 31.3. The van der Waals surface area contributed by atoms with Crippen LogP contribution < -0.4 is 42.6 Å². The Hall–Kier alpha value is -5.86. The summed E-state index contributed by atoms with van der Waals surface area (Å²) in [5.41, 5.74) is -11.5. The first-order valence-electron chi connectivity index (χ1n) is 18.6. The maximum absolute atomic E-state index is 16.4. The number of hydrogen-bond acceptors (Lipinski definition) is 1. The Balaban J connectivity index is 1.36. The van der Waals surface area contributed by atoms with E-state index in [1.165, 1.54) is 24.3 Å². The van der Waals surface area contributed by atoms with Crippen molar-refractivity contribution in [3.8, 4) is 0 Å². The molecule has 2 amide bonds. The maximum Gasteiger partial charge on any atom is 0.411 e. The third kappa shape index (κ3) is 3.94. The quantitative estimate of drug-likeness (QED) is 0.114. The minimum atomic E-state index is -6.45. The summed E-state index contributed by atoms with van der Waals surface area (Å²) in [5, 5.41) is 0.659. The van der Waals surface area contributed by atoms with E-state index < -0.39 is 105 Å². The molecule has 0 fully saturated rings. The van der Waals surface area contributed by atoms with Gasteiger partial charge in [-0.3, -0.25) is 9.80 Å². The van der Waals surface area contributed by atoms with Crippen LogP contribution in [0.25, 0.3) is 10.8 Å². The van der Waals surface area contributed by atoms with Crippen LogP contribution in [0.15, 0.2) is 60.7 Å². The lowest BCUT2D eigenvalue weighted by atomic mass is 9.29. The maximum atomic E-state index is 16.4. The standard InChI is InChI=1S/C43H22B2F12N2O/c1-15-9-23-37-30-29(15)16(2)10-24-38(30)59(39(60)58(37)27-13-25(48)35(50)31-33(27)44(23)21-7-5-17(46)11-19(21)40(31,3)4)28-14-26(49)36(51)32-34(28)45(24)22-8-6-18(47)12-20(22)41(32,42(52,53)54)43(55,56)57/h5-14H,1-4H3. The topological polar surface area (TPSA) is 23.6 Å². The highest BCUT2D eigenvalue weighted by atomic mass is 19.4. The summed E-state index contributed by atoms with van der Waals surface area (Å²) in [6.07, 6.45) is -12.9. The van der Waals surface area contributed by atoms with Crippen molar-refractivity contribution >= 4 is 85.8 Å². The summed E-state index contributed by atoms with van der Waals surface area (Å²) >= 11 is 0. The molecule has 5 aliphatic heterocycles. The number of rotatable bonds is 0. The van der Waals surface area contributed by atoms with Gasteiger partial charge in [-0.15, -0.1) is 0 Å². The van der Waals surface area contributed by atoms with Gasteiger partial charge < -0.3 is 0 Å². The molecule has 17 heteroatoms. The van der Waals surface area contributed by atoms with E-state index in [1.807, 2.05) is 0 Å². The van der Waals surface area contributed by atoms with E-state index in [9.17, 15) is 0 Å². The molecule has 0 N–H and O–H groups in total. The molecule has 0 unspecified atom stereocenters. The van der Waals surface area contributed by atoms with E-state index >= 15 is 57.5 Å². The van der Waals surface area contributed by atoms with Crippen molar-refractivity contribution in [1.29, 1.82) is 0 Å². The number of aryl methyl sites for hydroxylation is 2. The third-order valence-electron chi connectivity index (χ3n) is 13.4. The van der Waals surface area contributed by atoms with Crippen molar-refractivity contribution in [2.75, 3.05) is 9.80 Å². The number of urea groups is 1. The Bertz CT molecular complexity index is 3090. The molecule has 0 atom stereocenters. The average Bonchev–Trinajstić information content (AvgIpc) is 3.14. The van der Waals surface area contributed by atoms with Crippen LogP contribution >= 0.6 is 0 Å². The molecule has 3 nitrogen and oxygen atoms in total. The van der Waals surface area contributed by atoms with Gasteiger partial charge in [0.2, 0.25) is 18.8 Å². The zero-order chi connectivity index (χ0) is 42.8. The molecule has 0 radical (unpaired) electrons. The van der Waals surface area contributed by atoms with Gasteiger partial charge in [0.05, 0.1) is 11.4 Å². The fourth-order valence-electron chi connectivity index (χ4n) is 11.3. The number of anilines is 4. The van der Waals surface area contributed by atoms with Gasteiger partial charge in [-0.2, -0.15) is 26.3 Å². The van der Waals surface area contributed by atoms with Crippen molar-refractivity contribution in [3.05, 3.63) is 129 Å². The second kappa shape index (κ2) is 10.9. The molecular formula is C43H22B2F12N2O. The zero-order valence-corrected chi connectivity index (χ0v) is 31.3. The first-order valence-corrected chi connectivity index (χ1v) is 18.6. The highest BCUT2D eigenvalue weighted by Crippen LogP contribution is 2.60. The lowest BCUT2D eigenvalue weighted by Gasteiger charge is -2.51. The molecule has 0 saturated heterocycles. The van der Waals surface area contributed by atoms with Crippen LogP contribution in [0.3, 0.4) is 0 Å². The Morgan fingerprint density at radius 1 is 0.550 bits per heavy atom. The van der Waals surface area contributed by atoms with E-state index in [0.717, 1.165) is 17.0 Å². The summed E-state index contributed by atoms with van der Waals surface area (Å²) in [6.45, 7) is 3.72. The van der Waals surface area contributed by atoms with E-state index in [0.29, 0.717) is 50.0 Å². The van der Waals surface area contributed by atoms with E-state index in [2.05, 4.69) is 0 Å². The van der Waals surface area contributed by atoms with Crippen molar-refractivity contribution in [1.82, 2.24) is 0 Å². The second-order valence-corrected chi connectivity index (χ2v) is 16.6. The molecule has 11 rings (SSSR count). The molecule has 0 spiro atoms. The first-order chi connectivity index (χ1) is 28.0. The van der Waals surface area contributed by atoms with E-state index in [1.54, 1.807) is 33.8 Å². The number of carbonyl (C=O) groups excluding carboxylic acids is 1. The molecule has 5 heterocycles. The van der Waals surface area contributed by atoms with Gasteiger partial charge in [0.25, 0.3) is 0 Å². The van der Waals surface area contributed by atoms with Crippen molar-refractivity contribution in [2.45, 2.75) is 50.9 Å². The number of hydrogen-bond donors (Lipinski definition) is 0. The number of nitrogens with zero attached hydrogens (tertiary/aromatic N) is 2. The van der Waals surface area contributed by atoms with Crippen molar-refractivity contribution in [3.63, 3.8) is 0 Å². The summed E-state index contributed by atoms with van der Waals surface area (Å²) in [4.78, 5) is 17.2. The van der Waals surface area contributed by atoms with Gasteiger partial charge in [-0.05, 0) is 93.2 Å². The largest absolute Gasteiger partial charge is 0.411 e. The molecule has 60 heavy (non-hydrogen) atoms. The molecule has 0 aliphatic carbocycles. The van der Waals surface area contributed by atoms with Crippen molar-refractivity contribution in [2.24, 2.45) is 0 Å². The minimum Gasteiger partial charge on any atom is -0.263 e. The second-order valence-electron chi connectivity index (χ2n) is 16.6. The third-order valence-corrected chi connectivity index (χ3v) is 13.4. The summed E-state index contributed by atoms with van der Waals surface area (Å²) in [7, 11) is 0. The monoisotopic (exact) mass is 832 g/mol. The molecule has 6 aromatic rings. The number of halogens is 12. The summed E-state index contributed by atoms with van der Waals surface area (Å²) in [6, 6.07) is 8.44. The van der Waals surface area contributed by atoms with Crippen LogP contribution in [0.1, 0.15) is 47.2 Å². The highest BCUT2D eigenvalue weighted by molar-refractivity contribution is 7.01. The number of benzene rings is 6. The van der Waals surface area contributed by atoms with Gasteiger partial charge in [0, 0.05) is 39.9 Å². The smallest absolute Gasteiger partial charge is 0.263 e. The van der Waals surface area contributed by atoms with Gasteiger partial charge in [-0.1, -0.05) is 49.0 Å². The number of fused-ring (bicyclic) bond motifs is 8. The normalized spacial score (nSPS) is 17.2. The molecule has 0 bridgehead atoms. The molecule has 0 aromatic heterocycles. The van der Waals surface area contributed by atoms with Crippen LogP contribution in [-0.4, -0.2) is 31.8 Å². The van der Waals surface area contributed by atoms with E-state index in [-0.39, 0.29) is 45.0 Å². The number of alkyl halides is 6. The molecule has 5 aliphatic rings.